The predicted octanol–water partition coefficient (Wildman–Crippen LogP) is 3.35. The highest BCUT2D eigenvalue weighted by Gasteiger charge is 2.26. The van der Waals surface area contributed by atoms with Gasteiger partial charge < -0.3 is 19.5 Å². The first-order chi connectivity index (χ1) is 12.1. The lowest BCUT2D eigenvalue weighted by molar-refractivity contribution is -0.121. The number of aromatic nitrogens is 1. The monoisotopic (exact) mass is 343 g/mol. The van der Waals surface area contributed by atoms with Crippen molar-refractivity contribution in [2.45, 2.75) is 38.3 Å². The molecule has 0 radical (unpaired) electrons. The van der Waals surface area contributed by atoms with Gasteiger partial charge in [-0.15, -0.1) is 0 Å². The van der Waals surface area contributed by atoms with E-state index in [2.05, 4.69) is 53.3 Å². The van der Waals surface area contributed by atoms with Crippen LogP contribution in [0.15, 0.2) is 30.5 Å². The molecule has 1 amide bonds. The molecule has 1 saturated carbocycles. The molecule has 25 heavy (non-hydrogen) atoms. The summed E-state index contributed by atoms with van der Waals surface area (Å²) in [6.07, 6.45) is 6.20. The number of nitrogens with one attached hydrogen (secondary N) is 1. The fourth-order valence-electron chi connectivity index (χ4n) is 3.57. The summed E-state index contributed by atoms with van der Waals surface area (Å²) >= 11 is 0. The third kappa shape index (κ3) is 4.41. The Labute approximate surface area is 149 Å². The number of anilines is 1. The van der Waals surface area contributed by atoms with Crippen molar-refractivity contribution in [1.82, 2.24) is 9.47 Å². The summed E-state index contributed by atoms with van der Waals surface area (Å²) in [6, 6.07) is 8.29. The first-order valence-electron chi connectivity index (χ1n) is 9.14. The van der Waals surface area contributed by atoms with Crippen molar-refractivity contribution in [3.05, 3.63) is 30.5 Å². The Bertz CT molecular complexity index is 715. The van der Waals surface area contributed by atoms with Gasteiger partial charge in [-0.1, -0.05) is 6.07 Å². The third-order valence-corrected chi connectivity index (χ3v) is 5.21. The molecule has 5 heteroatoms. The topological polar surface area (TPSA) is 46.5 Å². The van der Waals surface area contributed by atoms with Crippen LogP contribution in [0.5, 0.6) is 0 Å². The van der Waals surface area contributed by atoms with Crippen molar-refractivity contribution in [1.29, 1.82) is 0 Å². The Morgan fingerprint density at radius 1 is 1.24 bits per heavy atom. The Balaban J connectivity index is 1.67. The zero-order valence-electron chi connectivity index (χ0n) is 15.5. The second-order valence-corrected chi connectivity index (χ2v) is 7.28. The normalized spacial score (nSPS) is 21.0. The molecule has 0 atom stereocenters. The molecule has 5 nitrogen and oxygen atoms in total. The molecule has 1 aliphatic carbocycles. The molecule has 1 aliphatic rings. The maximum atomic E-state index is 12.6. The van der Waals surface area contributed by atoms with Crippen LogP contribution < -0.4 is 5.32 Å². The van der Waals surface area contributed by atoms with Crippen LogP contribution in [0, 0.1) is 5.92 Å². The molecule has 1 heterocycles. The molecule has 0 saturated heterocycles. The molecule has 0 spiro atoms. The quantitative estimate of drug-likeness (QED) is 0.875. The van der Waals surface area contributed by atoms with E-state index in [1.807, 2.05) is 6.07 Å². The van der Waals surface area contributed by atoms with E-state index in [9.17, 15) is 4.79 Å². The fraction of sp³-hybridized carbons (Fsp3) is 0.550. The fourth-order valence-corrected chi connectivity index (χ4v) is 3.57. The van der Waals surface area contributed by atoms with Crippen molar-refractivity contribution in [3.63, 3.8) is 0 Å². The van der Waals surface area contributed by atoms with Gasteiger partial charge in [-0.2, -0.15) is 0 Å². The summed E-state index contributed by atoms with van der Waals surface area (Å²) < 4.78 is 7.64. The van der Waals surface area contributed by atoms with Crippen LogP contribution in [-0.4, -0.2) is 49.2 Å². The van der Waals surface area contributed by atoms with Gasteiger partial charge in [-0.25, -0.2) is 0 Å². The van der Waals surface area contributed by atoms with Crippen LogP contribution in [0.1, 0.15) is 25.7 Å². The largest absolute Gasteiger partial charge is 0.381 e. The molecule has 136 valence electrons. The number of carbonyl (C=O) groups excluding carboxylic acids is 1. The van der Waals surface area contributed by atoms with Gasteiger partial charge in [0.1, 0.15) is 0 Å². The van der Waals surface area contributed by atoms with Gasteiger partial charge in [0.2, 0.25) is 5.91 Å². The molecule has 0 aliphatic heterocycles. The second kappa shape index (κ2) is 8.02. The number of carbonyl (C=O) groups is 1. The van der Waals surface area contributed by atoms with Crippen LogP contribution in [0.25, 0.3) is 10.9 Å². The van der Waals surface area contributed by atoms with E-state index in [0.29, 0.717) is 6.10 Å². The SMILES string of the molecule is COC1CCC(C(=O)Nc2ccc3ccn(CCN(C)C)c3c2)CC1. The van der Waals surface area contributed by atoms with Crippen LogP contribution in [0.4, 0.5) is 5.69 Å². The Morgan fingerprint density at radius 2 is 2.00 bits per heavy atom. The van der Waals surface area contributed by atoms with Crippen molar-refractivity contribution in [2.75, 3.05) is 33.1 Å². The Kier molecular flexibility index (Phi) is 5.76. The number of hydrogen-bond acceptors (Lipinski definition) is 3. The average molecular weight is 343 g/mol. The number of nitrogens with zero attached hydrogens (tertiary/aromatic N) is 2. The van der Waals surface area contributed by atoms with Gasteiger partial charge in [0.15, 0.2) is 0 Å². The number of rotatable bonds is 6. The zero-order valence-corrected chi connectivity index (χ0v) is 15.5. The predicted molar refractivity (Wildman–Crippen MR) is 102 cm³/mol. The van der Waals surface area contributed by atoms with E-state index in [1.54, 1.807) is 7.11 Å². The van der Waals surface area contributed by atoms with Gasteiger partial charge in [0.05, 0.1) is 11.6 Å². The molecule has 2 aromatic rings. The molecule has 1 N–H and O–H groups in total. The van der Waals surface area contributed by atoms with Gasteiger partial charge in [0.25, 0.3) is 0 Å². The van der Waals surface area contributed by atoms with Crippen LogP contribution >= 0.6 is 0 Å². The maximum absolute atomic E-state index is 12.6. The van der Waals surface area contributed by atoms with Gasteiger partial charge in [0, 0.05) is 38.0 Å². The summed E-state index contributed by atoms with van der Waals surface area (Å²) in [4.78, 5) is 14.7. The molecule has 1 aromatic carbocycles. The summed E-state index contributed by atoms with van der Waals surface area (Å²) in [5, 5.41) is 4.32. The van der Waals surface area contributed by atoms with Crippen LogP contribution in [0.3, 0.4) is 0 Å². The minimum Gasteiger partial charge on any atom is -0.381 e. The first kappa shape index (κ1) is 18.0. The average Bonchev–Trinajstić information content (AvgIpc) is 3.02. The Morgan fingerprint density at radius 3 is 2.68 bits per heavy atom. The first-order valence-corrected chi connectivity index (χ1v) is 9.14. The van der Waals surface area contributed by atoms with E-state index < -0.39 is 0 Å². The molecule has 0 unspecified atom stereocenters. The van der Waals surface area contributed by atoms with E-state index >= 15 is 0 Å². The lowest BCUT2D eigenvalue weighted by Gasteiger charge is -2.26. The molecule has 0 bridgehead atoms. The number of methoxy groups -OCH3 is 1. The number of ether oxygens (including phenoxy) is 1. The number of fused-ring (bicyclic) bond motifs is 1. The number of likely N-dealkylation sites (N-methyl/N-ethyl adjacent to an activating group) is 1. The highest BCUT2D eigenvalue weighted by atomic mass is 16.5. The summed E-state index contributed by atoms with van der Waals surface area (Å²) in [7, 11) is 5.91. The van der Waals surface area contributed by atoms with E-state index in [0.717, 1.165) is 44.5 Å². The highest BCUT2D eigenvalue weighted by molar-refractivity contribution is 5.95. The summed E-state index contributed by atoms with van der Waals surface area (Å²) in [5.74, 6) is 0.239. The van der Waals surface area contributed by atoms with Crippen molar-refractivity contribution < 1.29 is 9.53 Å². The zero-order chi connectivity index (χ0) is 17.8. The maximum Gasteiger partial charge on any atom is 0.227 e. The minimum atomic E-state index is 0.0997. The minimum absolute atomic E-state index is 0.0997. The van der Waals surface area contributed by atoms with Gasteiger partial charge >= 0.3 is 0 Å². The smallest absolute Gasteiger partial charge is 0.227 e. The van der Waals surface area contributed by atoms with Crippen molar-refractivity contribution in [2.24, 2.45) is 5.92 Å². The molecular formula is C20H29N3O2. The Hall–Kier alpha value is -1.85. The van der Waals surface area contributed by atoms with Crippen molar-refractivity contribution >= 4 is 22.5 Å². The molecular weight excluding hydrogens is 314 g/mol. The van der Waals surface area contributed by atoms with Crippen LogP contribution in [0.2, 0.25) is 0 Å². The molecule has 1 aromatic heterocycles. The summed E-state index contributed by atoms with van der Waals surface area (Å²) in [6.45, 7) is 1.93. The lowest BCUT2D eigenvalue weighted by Crippen LogP contribution is -2.29. The lowest BCUT2D eigenvalue weighted by atomic mass is 9.87. The standard InChI is InChI=1S/C20H29N3O2/c1-22(2)12-13-23-11-10-15-4-7-17(14-19(15)23)21-20(24)16-5-8-18(25-3)9-6-16/h4,7,10-11,14,16,18H,5-6,8-9,12-13H2,1-3H3,(H,21,24). The van der Waals surface area contributed by atoms with E-state index in [-0.39, 0.29) is 11.8 Å². The van der Waals surface area contributed by atoms with Crippen LogP contribution in [-0.2, 0) is 16.1 Å². The van der Waals surface area contributed by atoms with Crippen molar-refractivity contribution in [3.8, 4) is 0 Å². The highest BCUT2D eigenvalue weighted by Crippen LogP contribution is 2.28. The third-order valence-electron chi connectivity index (χ3n) is 5.21. The summed E-state index contributed by atoms with van der Waals surface area (Å²) in [5.41, 5.74) is 2.05. The van der Waals surface area contributed by atoms with Gasteiger partial charge in [-0.05, 0) is 63.4 Å². The molecule has 1 fully saturated rings. The van der Waals surface area contributed by atoms with E-state index in [4.69, 9.17) is 4.74 Å². The van der Waals surface area contributed by atoms with E-state index in [1.165, 1.54) is 10.9 Å². The number of hydrogen-bond donors (Lipinski definition) is 1. The molecule has 3 rings (SSSR count). The number of amides is 1. The van der Waals surface area contributed by atoms with Gasteiger partial charge in [-0.3, -0.25) is 4.79 Å². The second-order valence-electron chi connectivity index (χ2n) is 7.28. The number of benzene rings is 1.